The van der Waals surface area contributed by atoms with Gasteiger partial charge in [-0.05, 0) is 191 Å². The second kappa shape index (κ2) is 20.9. The zero-order valence-electron chi connectivity index (χ0n) is 50.4. The number of fused-ring (bicyclic) bond motifs is 9. The van der Waals surface area contributed by atoms with E-state index in [4.69, 9.17) is 9.97 Å². The number of aromatic nitrogens is 5. The van der Waals surface area contributed by atoms with Crippen molar-refractivity contribution in [3.8, 4) is 90.4 Å². The van der Waals surface area contributed by atoms with Gasteiger partial charge in [-0.3, -0.25) is 0 Å². The summed E-state index contributed by atoms with van der Waals surface area (Å²) in [6.45, 7) is 13.0. The molecular formula is C83H60N6. The average Bonchev–Trinajstić information content (AvgIpc) is 1.90. The molecule has 0 spiro atoms. The van der Waals surface area contributed by atoms with Crippen LogP contribution in [0.3, 0.4) is 0 Å². The number of nitriles is 1. The van der Waals surface area contributed by atoms with Gasteiger partial charge in [-0.15, -0.1) is 0 Å². The van der Waals surface area contributed by atoms with Gasteiger partial charge in [0.1, 0.15) is 0 Å². The van der Waals surface area contributed by atoms with Crippen molar-refractivity contribution in [3.63, 3.8) is 0 Å². The second-order valence-corrected chi connectivity index (χ2v) is 24.2. The number of nitrogens with zero attached hydrogens (tertiary/aromatic N) is 6. The Labute approximate surface area is 517 Å². The molecule has 4 heterocycles. The van der Waals surface area contributed by atoms with Gasteiger partial charge in [0.15, 0.2) is 5.82 Å². The maximum absolute atomic E-state index is 11.9. The molecule has 0 N–H and O–H groups in total. The molecule has 6 heteroatoms. The smallest absolute Gasteiger partial charge is 0.160 e. The molecule has 0 radical (unpaired) electrons. The van der Waals surface area contributed by atoms with Crippen LogP contribution in [0.1, 0.15) is 38.9 Å². The maximum Gasteiger partial charge on any atom is 0.160 e. The third-order valence-corrected chi connectivity index (χ3v) is 18.0. The summed E-state index contributed by atoms with van der Waals surface area (Å²) in [6.07, 6.45) is 0. The molecule has 0 unspecified atom stereocenters. The highest BCUT2D eigenvalue weighted by atomic mass is 15.0. The third-order valence-electron chi connectivity index (χ3n) is 18.0. The van der Waals surface area contributed by atoms with Crippen LogP contribution in [-0.4, -0.2) is 23.7 Å². The Kier molecular flexibility index (Phi) is 12.5. The van der Waals surface area contributed by atoms with Gasteiger partial charge >= 0.3 is 0 Å². The summed E-state index contributed by atoms with van der Waals surface area (Å²) in [5.41, 5.74) is 27.5. The Bertz CT molecular complexity index is 5350. The topological polar surface area (TPSA) is 64.4 Å². The van der Waals surface area contributed by atoms with Crippen LogP contribution in [-0.2, 0) is 0 Å². The van der Waals surface area contributed by atoms with Crippen LogP contribution < -0.4 is 0 Å². The van der Waals surface area contributed by atoms with Gasteiger partial charge in [-0.2, -0.15) is 5.26 Å². The van der Waals surface area contributed by atoms with Gasteiger partial charge in [-0.25, -0.2) is 9.97 Å². The van der Waals surface area contributed by atoms with E-state index in [0.717, 1.165) is 106 Å². The molecule has 0 atom stereocenters. The highest BCUT2D eigenvalue weighted by molar-refractivity contribution is 6.12. The number of hydrogen-bond acceptors (Lipinski definition) is 3. The summed E-state index contributed by atoms with van der Waals surface area (Å²) < 4.78 is 7.13. The molecule has 0 bridgehead atoms. The first-order chi connectivity index (χ1) is 43.5. The van der Waals surface area contributed by atoms with Crippen molar-refractivity contribution >= 4 is 65.4 Å². The van der Waals surface area contributed by atoms with E-state index in [-0.39, 0.29) is 0 Å². The van der Waals surface area contributed by atoms with E-state index in [1.54, 1.807) is 0 Å². The molecule has 0 amide bonds. The van der Waals surface area contributed by atoms with Crippen molar-refractivity contribution in [2.24, 2.45) is 0 Å². The first-order valence-electron chi connectivity index (χ1n) is 30.5. The summed E-state index contributed by atoms with van der Waals surface area (Å²) in [5, 5.41) is 19.3. The molecule has 0 saturated carbocycles. The molecule has 0 fully saturated rings. The van der Waals surface area contributed by atoms with E-state index in [0.29, 0.717) is 17.1 Å². The van der Waals surface area contributed by atoms with Crippen LogP contribution in [0.5, 0.6) is 0 Å². The lowest BCUT2D eigenvalue weighted by atomic mass is 9.81. The van der Waals surface area contributed by atoms with E-state index in [1.807, 2.05) is 24.3 Å². The monoisotopic (exact) mass is 1140 g/mol. The summed E-state index contributed by atoms with van der Waals surface area (Å²) in [6, 6.07) is 94.8. The fourth-order valence-corrected chi connectivity index (χ4v) is 13.8. The lowest BCUT2D eigenvalue weighted by Gasteiger charge is -2.23. The van der Waals surface area contributed by atoms with Gasteiger partial charge in [-0.1, -0.05) is 167 Å². The molecule has 0 aliphatic carbocycles. The first kappa shape index (κ1) is 53.1. The van der Waals surface area contributed by atoms with Gasteiger partial charge < -0.3 is 13.7 Å². The van der Waals surface area contributed by atoms with Crippen LogP contribution in [0.4, 0.5) is 0 Å². The van der Waals surface area contributed by atoms with Gasteiger partial charge in [0, 0.05) is 71.6 Å². The summed E-state index contributed by atoms with van der Waals surface area (Å²) in [4.78, 5) is 11.0. The van der Waals surface area contributed by atoms with Crippen LogP contribution in [0.25, 0.3) is 150 Å². The van der Waals surface area contributed by atoms with Crippen molar-refractivity contribution in [3.05, 3.63) is 294 Å². The minimum Gasteiger partial charge on any atom is -0.309 e. The molecule has 16 aromatic rings. The Morgan fingerprint density at radius 3 is 0.966 bits per heavy atom. The lowest BCUT2D eigenvalue weighted by molar-refractivity contribution is 1.17. The third kappa shape index (κ3) is 8.92. The summed E-state index contributed by atoms with van der Waals surface area (Å²) in [5.74, 6) is 0.586. The predicted octanol–water partition coefficient (Wildman–Crippen LogP) is 21.5. The zero-order chi connectivity index (χ0) is 60.2. The fraction of sp³-hybridized carbons (Fsp3) is 0.0723. The van der Waals surface area contributed by atoms with E-state index in [9.17, 15) is 5.26 Å². The molecule has 89 heavy (non-hydrogen) atoms. The van der Waals surface area contributed by atoms with Crippen LogP contribution in [0.15, 0.2) is 255 Å². The van der Waals surface area contributed by atoms with E-state index >= 15 is 0 Å². The Balaban J connectivity index is 0.979. The molecule has 422 valence electrons. The standard InChI is InChI=1S/C83H60N6/c1-50-17-35-74-66(41-50)67-42-51(2)18-36-75(67)87(74)62-29-23-56(24-30-62)65-47-61(49-84)80(58-25-31-63(32-26-58)88-76-37-19-52(3)43-68(76)69-44-53(4)20-38-77(69)88)82(73-48-72(57-13-9-7-10-14-57)85-83(86-73)60-15-11-8-12-16-60)81(65)59-27-33-64(34-28-59)89-78-39-21-54(5)45-70(78)71-46-55(6)22-40-79(71)89/h7-48H,1-6H3. The molecule has 0 aliphatic heterocycles. The molecule has 4 aromatic heterocycles. The Hall–Kier alpha value is -11.4. The number of aryl methyl sites for hydroxylation is 6. The van der Waals surface area contributed by atoms with Crippen LogP contribution in [0.2, 0.25) is 0 Å². The zero-order valence-corrected chi connectivity index (χ0v) is 50.4. The second-order valence-electron chi connectivity index (χ2n) is 24.2. The SMILES string of the molecule is Cc1ccc2c(c1)c1cc(C)ccc1n2-c1ccc(-c2cc(C#N)c(-c3ccc(-n4c5ccc(C)cc5c5cc(C)ccc54)cc3)c(-c3cc(-c4ccccc4)nc(-c4ccccc4)n3)c2-c2ccc(-n3c4ccc(C)cc4c4cc(C)ccc43)cc2)cc1. The largest absolute Gasteiger partial charge is 0.309 e. The van der Waals surface area contributed by atoms with E-state index in [1.165, 1.54) is 65.7 Å². The van der Waals surface area contributed by atoms with Gasteiger partial charge in [0.25, 0.3) is 0 Å². The number of hydrogen-bond donors (Lipinski definition) is 0. The molecule has 16 rings (SSSR count). The minimum atomic E-state index is 0.528. The molecule has 0 saturated heterocycles. The molecular weight excluding hydrogens is 1080 g/mol. The quantitative estimate of drug-likeness (QED) is 0.145. The number of rotatable bonds is 9. The highest BCUT2D eigenvalue weighted by Gasteiger charge is 2.27. The van der Waals surface area contributed by atoms with Crippen molar-refractivity contribution in [1.29, 1.82) is 5.26 Å². The summed E-state index contributed by atoms with van der Waals surface area (Å²) in [7, 11) is 0. The van der Waals surface area contributed by atoms with Crippen molar-refractivity contribution in [2.75, 3.05) is 0 Å². The Morgan fingerprint density at radius 2 is 0.607 bits per heavy atom. The Morgan fingerprint density at radius 1 is 0.281 bits per heavy atom. The predicted molar refractivity (Wildman–Crippen MR) is 371 cm³/mol. The lowest BCUT2D eigenvalue weighted by Crippen LogP contribution is -2.03. The van der Waals surface area contributed by atoms with E-state index in [2.05, 4.69) is 292 Å². The van der Waals surface area contributed by atoms with Gasteiger partial charge in [0.05, 0.1) is 56.1 Å². The molecule has 0 aliphatic rings. The molecule has 12 aromatic carbocycles. The van der Waals surface area contributed by atoms with Crippen LogP contribution >= 0.6 is 0 Å². The average molecular weight is 1140 g/mol. The first-order valence-corrected chi connectivity index (χ1v) is 30.5. The van der Waals surface area contributed by atoms with Crippen molar-refractivity contribution in [2.45, 2.75) is 41.5 Å². The normalized spacial score (nSPS) is 11.7. The minimum absolute atomic E-state index is 0.528. The molecule has 6 nitrogen and oxygen atoms in total. The summed E-state index contributed by atoms with van der Waals surface area (Å²) >= 11 is 0. The van der Waals surface area contributed by atoms with Crippen LogP contribution in [0, 0.1) is 52.9 Å². The highest BCUT2D eigenvalue weighted by Crippen LogP contribution is 2.49. The fourth-order valence-electron chi connectivity index (χ4n) is 13.8. The van der Waals surface area contributed by atoms with Crippen molar-refractivity contribution < 1.29 is 0 Å². The number of benzene rings is 12. The van der Waals surface area contributed by atoms with Gasteiger partial charge in [0.2, 0.25) is 0 Å². The van der Waals surface area contributed by atoms with Crippen molar-refractivity contribution in [1.82, 2.24) is 23.7 Å². The van der Waals surface area contributed by atoms with E-state index < -0.39 is 0 Å². The maximum atomic E-state index is 11.9.